The number of nitrogen functional groups attached to an aromatic ring is 1. The zero-order chi connectivity index (χ0) is 13.1. The third-order valence-corrected chi connectivity index (χ3v) is 3.91. The first-order chi connectivity index (χ1) is 7.84. The van der Waals surface area contributed by atoms with Crippen molar-refractivity contribution in [2.45, 2.75) is 13.8 Å². The number of anilines is 2. The van der Waals surface area contributed by atoms with Gasteiger partial charge in [0.1, 0.15) is 5.75 Å². The lowest BCUT2D eigenvalue weighted by Gasteiger charge is -2.09. The third kappa shape index (κ3) is 4.07. The predicted molar refractivity (Wildman–Crippen MR) is 68.5 cm³/mol. The van der Waals surface area contributed by atoms with Crippen molar-refractivity contribution in [1.82, 2.24) is 0 Å². The number of sulfone groups is 1. The van der Waals surface area contributed by atoms with Crippen LogP contribution in [0.2, 0.25) is 0 Å². The first kappa shape index (κ1) is 13.5. The number of rotatable bonds is 4. The van der Waals surface area contributed by atoms with Crippen LogP contribution in [0.5, 0.6) is 0 Å². The van der Waals surface area contributed by atoms with Crippen molar-refractivity contribution in [3.8, 4) is 0 Å². The molecule has 0 bridgehead atoms. The van der Waals surface area contributed by atoms with Gasteiger partial charge in [0.25, 0.3) is 0 Å². The van der Waals surface area contributed by atoms with E-state index >= 15 is 0 Å². The largest absolute Gasteiger partial charge is 0.399 e. The lowest BCUT2D eigenvalue weighted by Crippen LogP contribution is -2.24. The van der Waals surface area contributed by atoms with Gasteiger partial charge in [0, 0.05) is 17.1 Å². The molecule has 94 valence electrons. The Balaban J connectivity index is 2.78. The number of hydrogen-bond acceptors (Lipinski definition) is 4. The molecule has 0 unspecified atom stereocenters. The monoisotopic (exact) mass is 256 g/mol. The van der Waals surface area contributed by atoms with Crippen molar-refractivity contribution in [2.75, 3.05) is 22.6 Å². The summed E-state index contributed by atoms with van der Waals surface area (Å²) in [5, 5.41) is 2.54. The van der Waals surface area contributed by atoms with Gasteiger partial charge in [-0.3, -0.25) is 4.79 Å². The van der Waals surface area contributed by atoms with Gasteiger partial charge in [0.15, 0.2) is 9.84 Å². The van der Waals surface area contributed by atoms with Crippen molar-refractivity contribution in [3.63, 3.8) is 0 Å². The Labute approximate surface area is 101 Å². The second kappa shape index (κ2) is 5.18. The number of hydrogen-bond donors (Lipinski definition) is 2. The maximum Gasteiger partial charge on any atom is 0.239 e. The smallest absolute Gasteiger partial charge is 0.239 e. The van der Waals surface area contributed by atoms with Crippen molar-refractivity contribution >= 4 is 27.1 Å². The van der Waals surface area contributed by atoms with E-state index in [9.17, 15) is 13.2 Å². The minimum atomic E-state index is -3.31. The van der Waals surface area contributed by atoms with E-state index in [1.54, 1.807) is 18.2 Å². The molecule has 0 aliphatic rings. The molecule has 6 heteroatoms. The molecule has 0 radical (unpaired) electrons. The fourth-order valence-corrected chi connectivity index (χ4v) is 1.94. The summed E-state index contributed by atoms with van der Waals surface area (Å²) in [6.45, 7) is 3.32. The number of aryl methyl sites for hydroxylation is 1. The van der Waals surface area contributed by atoms with Gasteiger partial charge in [0.05, 0.1) is 0 Å². The van der Waals surface area contributed by atoms with Gasteiger partial charge in [-0.05, 0) is 24.6 Å². The van der Waals surface area contributed by atoms with Gasteiger partial charge in [-0.15, -0.1) is 0 Å². The van der Waals surface area contributed by atoms with Crippen LogP contribution in [0.4, 0.5) is 11.4 Å². The number of nitrogens with two attached hydrogens (primary N) is 1. The van der Waals surface area contributed by atoms with Crippen LogP contribution in [0.15, 0.2) is 18.2 Å². The Morgan fingerprint density at radius 3 is 2.65 bits per heavy atom. The molecule has 0 aromatic heterocycles. The number of carbonyl (C=O) groups is 1. The molecule has 1 rings (SSSR count). The molecule has 5 nitrogen and oxygen atoms in total. The molecule has 3 N–H and O–H groups in total. The molecule has 1 amide bonds. The maximum atomic E-state index is 11.5. The van der Waals surface area contributed by atoms with Crippen molar-refractivity contribution in [3.05, 3.63) is 23.8 Å². The molecule has 0 spiro atoms. The number of amides is 1. The molecular weight excluding hydrogens is 240 g/mol. The third-order valence-electron chi connectivity index (χ3n) is 2.33. The van der Waals surface area contributed by atoms with Crippen LogP contribution < -0.4 is 11.1 Å². The second-order valence-electron chi connectivity index (χ2n) is 3.80. The summed E-state index contributed by atoms with van der Waals surface area (Å²) in [6, 6.07) is 5.08. The highest BCUT2D eigenvalue weighted by atomic mass is 32.2. The topological polar surface area (TPSA) is 89.3 Å². The lowest BCUT2D eigenvalue weighted by molar-refractivity contribution is -0.113. The molecular formula is C11H16N2O3S. The normalized spacial score (nSPS) is 11.2. The second-order valence-corrected chi connectivity index (χ2v) is 6.15. The Morgan fingerprint density at radius 1 is 1.41 bits per heavy atom. The fraction of sp³-hybridized carbons (Fsp3) is 0.364. The Hall–Kier alpha value is -1.56. The average Bonchev–Trinajstić information content (AvgIpc) is 2.23. The molecule has 0 atom stereocenters. The van der Waals surface area contributed by atoms with Crippen LogP contribution in [-0.4, -0.2) is 25.8 Å². The van der Waals surface area contributed by atoms with Gasteiger partial charge in [0.2, 0.25) is 5.91 Å². The van der Waals surface area contributed by atoms with Crippen LogP contribution in [0, 0.1) is 6.92 Å². The first-order valence-corrected chi connectivity index (χ1v) is 7.02. The standard InChI is InChI=1S/C11H16N2O3S/c1-3-17(15,16)7-11(14)13-10-6-9(12)5-4-8(10)2/h4-6H,3,7,12H2,1-2H3,(H,13,14). The van der Waals surface area contributed by atoms with E-state index in [1.807, 2.05) is 6.92 Å². The molecule has 1 aromatic rings. The highest BCUT2D eigenvalue weighted by Gasteiger charge is 2.14. The van der Waals surface area contributed by atoms with Gasteiger partial charge >= 0.3 is 0 Å². The summed E-state index contributed by atoms with van der Waals surface area (Å²) < 4.78 is 22.5. The van der Waals surface area contributed by atoms with E-state index in [1.165, 1.54) is 6.92 Å². The Morgan fingerprint density at radius 2 is 2.06 bits per heavy atom. The van der Waals surface area contributed by atoms with E-state index < -0.39 is 21.5 Å². The molecule has 0 aliphatic carbocycles. The molecule has 1 aromatic carbocycles. The van der Waals surface area contributed by atoms with Crippen molar-refractivity contribution in [1.29, 1.82) is 0 Å². The van der Waals surface area contributed by atoms with Gasteiger partial charge in [-0.2, -0.15) is 0 Å². The Kier molecular flexibility index (Phi) is 4.11. The van der Waals surface area contributed by atoms with Crippen LogP contribution in [-0.2, 0) is 14.6 Å². The summed E-state index contributed by atoms with van der Waals surface area (Å²) >= 11 is 0. The quantitative estimate of drug-likeness (QED) is 0.785. The van der Waals surface area contributed by atoms with Gasteiger partial charge in [-0.25, -0.2) is 8.42 Å². The minimum Gasteiger partial charge on any atom is -0.399 e. The Bertz CT molecular complexity index is 524. The van der Waals surface area contributed by atoms with E-state index in [2.05, 4.69) is 5.32 Å². The average molecular weight is 256 g/mol. The van der Waals surface area contributed by atoms with Crippen LogP contribution in [0.1, 0.15) is 12.5 Å². The van der Waals surface area contributed by atoms with Gasteiger partial charge in [-0.1, -0.05) is 13.0 Å². The summed E-state index contributed by atoms with van der Waals surface area (Å²) in [7, 11) is -3.31. The number of benzene rings is 1. The van der Waals surface area contributed by atoms with E-state index in [-0.39, 0.29) is 5.75 Å². The zero-order valence-corrected chi connectivity index (χ0v) is 10.7. The first-order valence-electron chi connectivity index (χ1n) is 5.20. The molecule has 0 saturated heterocycles. The molecule has 0 heterocycles. The minimum absolute atomic E-state index is 0.0453. The molecule has 0 saturated carbocycles. The lowest BCUT2D eigenvalue weighted by atomic mass is 10.2. The summed E-state index contributed by atoms with van der Waals surface area (Å²) in [5.41, 5.74) is 7.48. The summed E-state index contributed by atoms with van der Waals surface area (Å²) in [6.07, 6.45) is 0. The maximum absolute atomic E-state index is 11.5. The summed E-state index contributed by atoms with van der Waals surface area (Å²) in [5.74, 6) is -1.09. The summed E-state index contributed by atoms with van der Waals surface area (Å²) in [4.78, 5) is 11.5. The highest BCUT2D eigenvalue weighted by Crippen LogP contribution is 2.17. The highest BCUT2D eigenvalue weighted by molar-refractivity contribution is 7.92. The number of carbonyl (C=O) groups excluding carboxylic acids is 1. The zero-order valence-electron chi connectivity index (χ0n) is 9.86. The van der Waals surface area contributed by atoms with Crippen molar-refractivity contribution < 1.29 is 13.2 Å². The predicted octanol–water partition coefficient (Wildman–Crippen LogP) is 0.950. The van der Waals surface area contributed by atoms with Crippen LogP contribution in [0.25, 0.3) is 0 Å². The van der Waals surface area contributed by atoms with Crippen LogP contribution in [0.3, 0.4) is 0 Å². The molecule has 0 aliphatic heterocycles. The molecule has 0 fully saturated rings. The SMILES string of the molecule is CCS(=O)(=O)CC(=O)Nc1cc(N)ccc1C. The van der Waals surface area contributed by atoms with Crippen LogP contribution >= 0.6 is 0 Å². The van der Waals surface area contributed by atoms with Crippen molar-refractivity contribution in [2.24, 2.45) is 0 Å². The van der Waals surface area contributed by atoms with E-state index in [0.717, 1.165) is 5.56 Å². The van der Waals surface area contributed by atoms with E-state index in [4.69, 9.17) is 5.73 Å². The van der Waals surface area contributed by atoms with E-state index in [0.29, 0.717) is 11.4 Å². The van der Waals surface area contributed by atoms with Gasteiger partial charge < -0.3 is 11.1 Å². The fourth-order valence-electron chi connectivity index (χ4n) is 1.26. The number of nitrogens with one attached hydrogen (secondary N) is 1. The molecule has 17 heavy (non-hydrogen) atoms.